The van der Waals surface area contributed by atoms with Gasteiger partial charge < -0.3 is 10.6 Å². The van der Waals surface area contributed by atoms with Crippen LogP contribution in [0.5, 0.6) is 0 Å². The Labute approximate surface area is 123 Å². The van der Waals surface area contributed by atoms with E-state index in [4.69, 9.17) is 0 Å². The number of hydrogen-bond donors (Lipinski definition) is 2. The number of carbonyl (C=O) groups excluding carboxylic acids is 1. The van der Waals surface area contributed by atoms with E-state index in [0.29, 0.717) is 17.9 Å². The second-order valence-electron chi connectivity index (χ2n) is 7.19. The van der Waals surface area contributed by atoms with E-state index in [2.05, 4.69) is 36.3 Å². The molecule has 20 heavy (non-hydrogen) atoms. The Morgan fingerprint density at radius 1 is 1.30 bits per heavy atom. The smallest absolute Gasteiger partial charge is 0.234 e. The second kappa shape index (κ2) is 6.90. The molecular formula is C16H31N3O. The molecule has 2 atom stereocenters. The standard InChI is InChI=1S/C16H31N3O/c1-13(2)14(3)18-15(20)10-19-9-5-7-16(12-19)6-4-8-17-11-16/h13-14,17H,4-12H2,1-3H3,(H,18,20). The van der Waals surface area contributed by atoms with Gasteiger partial charge in [-0.2, -0.15) is 0 Å². The highest BCUT2D eigenvalue weighted by atomic mass is 16.2. The molecule has 2 fully saturated rings. The number of piperidine rings is 2. The van der Waals surface area contributed by atoms with E-state index in [-0.39, 0.29) is 11.9 Å². The number of rotatable bonds is 4. The van der Waals surface area contributed by atoms with Crippen LogP contribution in [0.25, 0.3) is 0 Å². The van der Waals surface area contributed by atoms with Crippen molar-refractivity contribution in [2.24, 2.45) is 11.3 Å². The van der Waals surface area contributed by atoms with Crippen LogP contribution in [0.3, 0.4) is 0 Å². The van der Waals surface area contributed by atoms with Crippen molar-refractivity contribution in [3.63, 3.8) is 0 Å². The molecule has 2 saturated heterocycles. The first-order valence-corrected chi connectivity index (χ1v) is 8.23. The van der Waals surface area contributed by atoms with Crippen LogP contribution in [-0.2, 0) is 4.79 Å². The molecule has 116 valence electrons. The van der Waals surface area contributed by atoms with Gasteiger partial charge in [-0.1, -0.05) is 13.8 Å². The predicted molar refractivity (Wildman–Crippen MR) is 82.7 cm³/mol. The average molecular weight is 281 g/mol. The van der Waals surface area contributed by atoms with Crippen molar-refractivity contribution < 1.29 is 4.79 Å². The van der Waals surface area contributed by atoms with E-state index in [1.807, 2.05) is 0 Å². The zero-order chi connectivity index (χ0) is 14.6. The van der Waals surface area contributed by atoms with Gasteiger partial charge in [-0.05, 0) is 57.0 Å². The molecule has 0 aromatic heterocycles. The predicted octanol–water partition coefficient (Wildman–Crippen LogP) is 1.61. The van der Waals surface area contributed by atoms with Gasteiger partial charge in [0, 0.05) is 19.1 Å². The number of likely N-dealkylation sites (tertiary alicyclic amines) is 1. The van der Waals surface area contributed by atoms with Gasteiger partial charge in [0.1, 0.15) is 0 Å². The summed E-state index contributed by atoms with van der Waals surface area (Å²) in [5.41, 5.74) is 0.431. The molecule has 2 heterocycles. The number of nitrogens with one attached hydrogen (secondary N) is 2. The van der Waals surface area contributed by atoms with Crippen molar-refractivity contribution >= 4 is 5.91 Å². The topological polar surface area (TPSA) is 44.4 Å². The van der Waals surface area contributed by atoms with Gasteiger partial charge in [-0.3, -0.25) is 9.69 Å². The highest BCUT2D eigenvalue weighted by Crippen LogP contribution is 2.35. The first-order chi connectivity index (χ1) is 9.51. The normalized spacial score (nSPS) is 29.6. The lowest BCUT2D eigenvalue weighted by molar-refractivity contribution is -0.124. The van der Waals surface area contributed by atoms with Crippen molar-refractivity contribution in [1.82, 2.24) is 15.5 Å². The molecule has 4 heteroatoms. The van der Waals surface area contributed by atoms with Crippen LogP contribution in [0.2, 0.25) is 0 Å². The third-order valence-corrected chi connectivity index (χ3v) is 5.06. The molecule has 2 aliphatic heterocycles. The Hall–Kier alpha value is -0.610. The maximum absolute atomic E-state index is 12.1. The Morgan fingerprint density at radius 2 is 2.05 bits per heavy atom. The Morgan fingerprint density at radius 3 is 2.70 bits per heavy atom. The van der Waals surface area contributed by atoms with Crippen LogP contribution in [0.1, 0.15) is 46.5 Å². The lowest BCUT2D eigenvalue weighted by atomic mass is 9.74. The van der Waals surface area contributed by atoms with Crippen LogP contribution in [0.4, 0.5) is 0 Å². The fourth-order valence-electron chi connectivity index (χ4n) is 3.49. The molecular weight excluding hydrogens is 250 g/mol. The molecule has 2 unspecified atom stereocenters. The van der Waals surface area contributed by atoms with Gasteiger partial charge in [0.15, 0.2) is 0 Å². The molecule has 0 aliphatic carbocycles. The summed E-state index contributed by atoms with van der Waals surface area (Å²) >= 11 is 0. The Kier molecular flexibility index (Phi) is 5.44. The van der Waals surface area contributed by atoms with Crippen molar-refractivity contribution in [2.45, 2.75) is 52.5 Å². The minimum atomic E-state index is 0.187. The van der Waals surface area contributed by atoms with Gasteiger partial charge in [0.2, 0.25) is 5.91 Å². The first kappa shape index (κ1) is 15.8. The minimum Gasteiger partial charge on any atom is -0.352 e. The molecule has 0 saturated carbocycles. The van der Waals surface area contributed by atoms with Crippen molar-refractivity contribution in [1.29, 1.82) is 0 Å². The summed E-state index contributed by atoms with van der Waals surface area (Å²) in [7, 11) is 0. The summed E-state index contributed by atoms with van der Waals surface area (Å²) in [4.78, 5) is 14.5. The molecule has 0 radical (unpaired) electrons. The van der Waals surface area contributed by atoms with Gasteiger partial charge >= 0.3 is 0 Å². The zero-order valence-electron chi connectivity index (χ0n) is 13.4. The highest BCUT2D eigenvalue weighted by molar-refractivity contribution is 5.78. The Bertz CT molecular complexity index is 318. The second-order valence-corrected chi connectivity index (χ2v) is 7.19. The number of hydrogen-bond acceptors (Lipinski definition) is 3. The minimum absolute atomic E-state index is 0.187. The lowest BCUT2D eigenvalue weighted by Crippen LogP contribution is -2.53. The van der Waals surface area contributed by atoms with Crippen molar-refractivity contribution in [2.75, 3.05) is 32.7 Å². The van der Waals surface area contributed by atoms with E-state index in [1.165, 1.54) is 25.7 Å². The third-order valence-electron chi connectivity index (χ3n) is 5.06. The quantitative estimate of drug-likeness (QED) is 0.823. The monoisotopic (exact) mass is 281 g/mol. The summed E-state index contributed by atoms with van der Waals surface area (Å²) in [6.07, 6.45) is 5.15. The highest BCUT2D eigenvalue weighted by Gasteiger charge is 2.36. The molecule has 0 bridgehead atoms. The molecule has 4 nitrogen and oxygen atoms in total. The molecule has 1 amide bonds. The Balaban J connectivity index is 1.82. The molecule has 1 spiro atoms. The number of carbonyl (C=O) groups is 1. The van der Waals surface area contributed by atoms with E-state index in [9.17, 15) is 4.79 Å². The largest absolute Gasteiger partial charge is 0.352 e. The van der Waals surface area contributed by atoms with Crippen molar-refractivity contribution in [3.05, 3.63) is 0 Å². The first-order valence-electron chi connectivity index (χ1n) is 8.23. The van der Waals surface area contributed by atoms with E-state index < -0.39 is 0 Å². The average Bonchev–Trinajstić information content (AvgIpc) is 2.39. The number of nitrogens with zero attached hydrogens (tertiary/aromatic N) is 1. The molecule has 2 aliphatic rings. The summed E-state index contributed by atoms with van der Waals surface area (Å²) in [5.74, 6) is 0.682. The van der Waals surface area contributed by atoms with Crippen LogP contribution in [0, 0.1) is 11.3 Å². The fraction of sp³-hybridized carbons (Fsp3) is 0.938. The van der Waals surface area contributed by atoms with Crippen molar-refractivity contribution in [3.8, 4) is 0 Å². The maximum atomic E-state index is 12.1. The zero-order valence-corrected chi connectivity index (χ0v) is 13.4. The maximum Gasteiger partial charge on any atom is 0.234 e. The van der Waals surface area contributed by atoms with Crippen LogP contribution in [0.15, 0.2) is 0 Å². The van der Waals surface area contributed by atoms with Crippen LogP contribution < -0.4 is 10.6 Å². The van der Waals surface area contributed by atoms with Crippen LogP contribution in [-0.4, -0.2) is 49.6 Å². The van der Waals surface area contributed by atoms with Crippen LogP contribution >= 0.6 is 0 Å². The molecule has 2 N–H and O–H groups in total. The van der Waals surface area contributed by atoms with Gasteiger partial charge in [-0.15, -0.1) is 0 Å². The fourth-order valence-corrected chi connectivity index (χ4v) is 3.49. The SMILES string of the molecule is CC(C)C(C)NC(=O)CN1CCCC2(CCCNC2)C1. The summed E-state index contributed by atoms with van der Waals surface area (Å²) < 4.78 is 0. The number of amides is 1. The molecule has 2 rings (SSSR count). The van der Waals surface area contributed by atoms with E-state index >= 15 is 0 Å². The third kappa shape index (κ3) is 4.19. The summed E-state index contributed by atoms with van der Waals surface area (Å²) in [6.45, 7) is 11.4. The van der Waals surface area contributed by atoms with Gasteiger partial charge in [-0.25, -0.2) is 0 Å². The molecule has 0 aromatic carbocycles. The summed E-state index contributed by atoms with van der Waals surface area (Å²) in [5, 5.41) is 6.66. The van der Waals surface area contributed by atoms with Gasteiger partial charge in [0.25, 0.3) is 0 Å². The lowest BCUT2D eigenvalue weighted by Gasteiger charge is -2.45. The van der Waals surface area contributed by atoms with E-state index in [0.717, 1.165) is 26.2 Å². The summed E-state index contributed by atoms with van der Waals surface area (Å²) in [6, 6.07) is 0.262. The van der Waals surface area contributed by atoms with E-state index in [1.54, 1.807) is 0 Å². The van der Waals surface area contributed by atoms with Gasteiger partial charge in [0.05, 0.1) is 6.54 Å². The molecule has 0 aromatic rings.